The first-order valence-electron chi connectivity index (χ1n) is 2.69. The van der Waals surface area contributed by atoms with Crippen molar-refractivity contribution in [2.24, 2.45) is 0 Å². The predicted octanol–water partition coefficient (Wildman–Crippen LogP) is 2.73. The summed E-state index contributed by atoms with van der Waals surface area (Å²) in [7, 11) is 0. The number of furan rings is 1. The molecule has 0 aromatic heterocycles. The Hall–Kier alpha value is -0.890. The lowest BCUT2D eigenvalue weighted by Crippen LogP contribution is -1.64. The van der Waals surface area contributed by atoms with E-state index >= 15 is 0 Å². The average molecular weight is 137 g/mol. The standard InChI is InChI=1S/C7H5OS/c1-3-8-7-5-9-4-2-6(1)7/h1-5H/q+1. The van der Waals surface area contributed by atoms with Crippen molar-refractivity contribution in [3.05, 3.63) is 29.2 Å². The quantitative estimate of drug-likeness (QED) is 0.508. The molecule has 0 aliphatic carbocycles. The van der Waals surface area contributed by atoms with Gasteiger partial charge in [0.05, 0.1) is 17.0 Å². The Morgan fingerprint density at radius 1 is 1.33 bits per heavy atom. The van der Waals surface area contributed by atoms with Crippen LogP contribution in [-0.2, 0) is 0 Å². The Balaban J connectivity index is 2.79. The Labute approximate surface area is 56.9 Å². The Bertz CT molecular complexity index is 249. The Morgan fingerprint density at radius 3 is 3.22 bits per heavy atom. The molecule has 44 valence electrons. The van der Waals surface area contributed by atoms with Gasteiger partial charge in [-0.1, -0.05) is 0 Å². The van der Waals surface area contributed by atoms with E-state index in [1.807, 2.05) is 22.9 Å². The SMILES string of the molecule is c1cc2ccscc-2[o+]1. The van der Waals surface area contributed by atoms with Gasteiger partial charge in [-0.2, -0.15) is 0 Å². The zero-order chi connectivity index (χ0) is 6.10. The second-order valence-corrected chi connectivity index (χ2v) is 2.58. The van der Waals surface area contributed by atoms with Crippen LogP contribution in [0, 0.1) is 0 Å². The first-order chi connectivity index (χ1) is 4.47. The van der Waals surface area contributed by atoms with Gasteiger partial charge in [0.1, 0.15) is 0 Å². The van der Waals surface area contributed by atoms with E-state index in [4.69, 9.17) is 4.42 Å². The molecule has 0 radical (unpaired) electrons. The van der Waals surface area contributed by atoms with E-state index in [1.54, 1.807) is 17.6 Å². The summed E-state index contributed by atoms with van der Waals surface area (Å²) in [5.74, 6) is 0.975. The maximum atomic E-state index is 5.13. The van der Waals surface area contributed by atoms with Crippen LogP contribution in [0.3, 0.4) is 0 Å². The average Bonchev–Trinajstić information content (AvgIpc) is 2.33. The molecule has 2 heterocycles. The first-order valence-corrected chi connectivity index (χ1v) is 3.64. The van der Waals surface area contributed by atoms with Gasteiger partial charge in [-0.05, 0) is 11.4 Å². The monoisotopic (exact) mass is 137 g/mol. The molecule has 2 heteroatoms. The van der Waals surface area contributed by atoms with Crippen molar-refractivity contribution in [3.8, 4) is 11.3 Å². The molecular weight excluding hydrogens is 132 g/mol. The molecule has 2 aliphatic heterocycles. The van der Waals surface area contributed by atoms with Crippen molar-refractivity contribution in [1.29, 1.82) is 0 Å². The highest BCUT2D eigenvalue weighted by molar-refractivity contribution is 7.07. The lowest BCUT2D eigenvalue weighted by molar-refractivity contribution is 0.585. The molecule has 0 bridgehead atoms. The number of rotatable bonds is 0. The van der Waals surface area contributed by atoms with Gasteiger partial charge >= 0.3 is 12.0 Å². The molecule has 0 amide bonds. The molecule has 0 saturated heterocycles. The molecule has 0 N–H and O–H groups in total. The van der Waals surface area contributed by atoms with Crippen LogP contribution in [0.25, 0.3) is 11.3 Å². The van der Waals surface area contributed by atoms with Gasteiger partial charge in [-0.15, -0.1) is 11.3 Å². The predicted molar refractivity (Wildman–Crippen MR) is 37.6 cm³/mol. The van der Waals surface area contributed by atoms with Crippen LogP contribution in [0.1, 0.15) is 0 Å². The molecule has 0 aromatic carbocycles. The molecule has 9 heavy (non-hydrogen) atoms. The second kappa shape index (κ2) is 1.81. The third kappa shape index (κ3) is 0.715. The van der Waals surface area contributed by atoms with Crippen molar-refractivity contribution in [2.75, 3.05) is 0 Å². The number of hydrogen-bond acceptors (Lipinski definition) is 1. The van der Waals surface area contributed by atoms with Crippen LogP contribution in [0.5, 0.6) is 0 Å². The highest BCUT2D eigenvalue weighted by atomic mass is 32.1. The van der Waals surface area contributed by atoms with E-state index in [0.717, 1.165) is 5.76 Å². The van der Waals surface area contributed by atoms with Gasteiger partial charge < -0.3 is 0 Å². The minimum atomic E-state index is 0.975. The fraction of sp³-hybridized carbons (Fsp3) is 0. The van der Waals surface area contributed by atoms with E-state index in [0.29, 0.717) is 0 Å². The Morgan fingerprint density at radius 2 is 2.33 bits per heavy atom. The molecule has 0 saturated carbocycles. The lowest BCUT2D eigenvalue weighted by Gasteiger charge is -1.79. The van der Waals surface area contributed by atoms with Gasteiger partial charge in [-0.25, -0.2) is 4.42 Å². The van der Waals surface area contributed by atoms with Gasteiger partial charge in [0.2, 0.25) is 0 Å². The van der Waals surface area contributed by atoms with E-state index in [-0.39, 0.29) is 0 Å². The van der Waals surface area contributed by atoms with Gasteiger partial charge in [-0.3, -0.25) is 0 Å². The largest absolute Gasteiger partial charge is 0.369 e. The maximum absolute atomic E-state index is 5.13. The minimum absolute atomic E-state index is 0.975. The lowest BCUT2D eigenvalue weighted by atomic mass is 10.3. The van der Waals surface area contributed by atoms with Crippen LogP contribution in [-0.4, -0.2) is 0 Å². The third-order valence-electron chi connectivity index (χ3n) is 1.23. The number of fused-ring (bicyclic) bond motifs is 1. The molecular formula is C7H5OS+. The molecule has 0 spiro atoms. The van der Waals surface area contributed by atoms with E-state index in [9.17, 15) is 0 Å². The molecule has 0 atom stereocenters. The van der Waals surface area contributed by atoms with Gasteiger partial charge in [0, 0.05) is 0 Å². The first kappa shape index (κ1) is 4.94. The summed E-state index contributed by atoms with van der Waals surface area (Å²) >= 11 is 1.64. The molecule has 0 aromatic rings. The zero-order valence-corrected chi connectivity index (χ0v) is 5.52. The van der Waals surface area contributed by atoms with Crippen molar-refractivity contribution in [2.45, 2.75) is 0 Å². The number of hydrogen-bond donors (Lipinski definition) is 0. The van der Waals surface area contributed by atoms with E-state index in [2.05, 4.69) is 0 Å². The van der Waals surface area contributed by atoms with Crippen molar-refractivity contribution in [1.82, 2.24) is 0 Å². The highest BCUT2D eigenvalue weighted by Gasteiger charge is 2.12. The van der Waals surface area contributed by atoms with E-state index in [1.165, 1.54) is 5.56 Å². The van der Waals surface area contributed by atoms with Crippen LogP contribution in [0.2, 0.25) is 0 Å². The third-order valence-corrected chi connectivity index (χ3v) is 1.87. The van der Waals surface area contributed by atoms with Crippen LogP contribution >= 0.6 is 11.3 Å². The molecule has 0 unspecified atom stereocenters. The normalized spacial score (nSPS) is 10.2. The fourth-order valence-corrected chi connectivity index (χ4v) is 1.40. The van der Waals surface area contributed by atoms with Crippen molar-refractivity contribution >= 4 is 11.3 Å². The summed E-state index contributed by atoms with van der Waals surface area (Å²) in [6, 6.07) is 4.01. The maximum Gasteiger partial charge on any atom is 0.369 e. The minimum Gasteiger partial charge on any atom is -0.215 e. The Kier molecular flexibility index (Phi) is 0.993. The zero-order valence-electron chi connectivity index (χ0n) is 4.70. The van der Waals surface area contributed by atoms with Crippen molar-refractivity contribution < 1.29 is 4.42 Å². The molecule has 0 fully saturated rings. The summed E-state index contributed by atoms with van der Waals surface area (Å²) in [4.78, 5) is 0. The molecule has 2 rings (SSSR count). The molecule has 1 nitrogen and oxygen atoms in total. The smallest absolute Gasteiger partial charge is 0.215 e. The summed E-state index contributed by atoms with van der Waals surface area (Å²) in [5, 5.41) is 4.03. The summed E-state index contributed by atoms with van der Waals surface area (Å²) < 4.78 is 5.13. The fourth-order valence-electron chi connectivity index (χ4n) is 0.778. The second-order valence-electron chi connectivity index (χ2n) is 1.80. The van der Waals surface area contributed by atoms with E-state index < -0.39 is 0 Å². The van der Waals surface area contributed by atoms with Gasteiger partial charge in [0.15, 0.2) is 0 Å². The van der Waals surface area contributed by atoms with Crippen molar-refractivity contribution in [3.63, 3.8) is 0 Å². The summed E-state index contributed by atoms with van der Waals surface area (Å²) in [6.45, 7) is 0. The van der Waals surface area contributed by atoms with Crippen LogP contribution < -0.4 is 0 Å². The van der Waals surface area contributed by atoms with Crippen LogP contribution in [0.15, 0.2) is 33.6 Å². The molecule has 2 aliphatic rings. The topological polar surface area (TPSA) is 11.3 Å². The van der Waals surface area contributed by atoms with Crippen LogP contribution in [0.4, 0.5) is 0 Å². The van der Waals surface area contributed by atoms with Gasteiger partial charge in [0.25, 0.3) is 0 Å². The summed E-state index contributed by atoms with van der Waals surface area (Å²) in [5.41, 5.74) is 1.17. The summed E-state index contributed by atoms with van der Waals surface area (Å²) in [6.07, 6.45) is 1.71. The highest BCUT2D eigenvalue weighted by Crippen LogP contribution is 2.23.